The van der Waals surface area contributed by atoms with E-state index in [0.29, 0.717) is 6.61 Å². The van der Waals surface area contributed by atoms with Crippen LogP contribution in [0, 0.1) is 0 Å². The Morgan fingerprint density at radius 1 is 0.923 bits per heavy atom. The lowest BCUT2D eigenvalue weighted by Crippen LogP contribution is -2.55. The average Bonchev–Trinajstić information content (AvgIpc) is 2.65. The topological polar surface area (TPSA) is 79.2 Å². The predicted octanol–water partition coefficient (Wildman–Crippen LogP) is 3.35. The van der Waals surface area contributed by atoms with Crippen molar-refractivity contribution in [2.24, 2.45) is 0 Å². The second-order valence-corrected chi connectivity index (χ2v) is 7.32. The van der Waals surface area contributed by atoms with Gasteiger partial charge in [-0.25, -0.2) is 0 Å². The van der Waals surface area contributed by atoms with E-state index in [4.69, 9.17) is 9.47 Å². The first-order valence-electron chi connectivity index (χ1n) is 10.6. The molecule has 1 fully saturated rings. The fraction of sp³-hybridized carbons (Fsp3) is 0.905. The number of aliphatic hydroxyl groups excluding tert-OH is 3. The Hall–Kier alpha value is -0.460. The van der Waals surface area contributed by atoms with E-state index >= 15 is 0 Å². The molecule has 0 radical (unpaired) electrons. The minimum atomic E-state index is -0.989. The highest BCUT2D eigenvalue weighted by Gasteiger charge is 2.39. The van der Waals surface area contributed by atoms with Crippen molar-refractivity contribution >= 4 is 0 Å². The summed E-state index contributed by atoms with van der Waals surface area (Å²) in [6, 6.07) is 0. The Morgan fingerprint density at radius 2 is 1.54 bits per heavy atom. The molecule has 0 bridgehead atoms. The molecule has 1 saturated heterocycles. The molecule has 1 heterocycles. The lowest BCUT2D eigenvalue weighted by atomic mass is 10.0. The summed E-state index contributed by atoms with van der Waals surface area (Å²) in [5, 5.41) is 28.9. The molecule has 0 aromatic heterocycles. The monoisotopic (exact) mass is 372 g/mol. The van der Waals surface area contributed by atoms with Crippen LogP contribution in [0.2, 0.25) is 0 Å². The van der Waals surface area contributed by atoms with Crippen molar-refractivity contribution in [3.05, 3.63) is 12.2 Å². The summed E-state index contributed by atoms with van der Waals surface area (Å²) in [6.07, 6.45) is 14.9. The summed E-state index contributed by atoms with van der Waals surface area (Å²) in [5.41, 5.74) is 0. The standard InChI is InChI=1S/C21H40O5/c1-2-3-4-5-6-7-8-9-10-11-12-13-14-15-25-21-19(16-22)26-17-18(23)20(21)24/h5-6,18-24H,2-4,7-17H2,1H3/b6-5+/t18-,19+,20+,21+/m0/s1. The summed E-state index contributed by atoms with van der Waals surface area (Å²) < 4.78 is 11.0. The third-order valence-electron chi connectivity index (χ3n) is 4.97. The molecule has 1 aliphatic rings. The van der Waals surface area contributed by atoms with Crippen molar-refractivity contribution in [3.63, 3.8) is 0 Å². The van der Waals surface area contributed by atoms with E-state index in [0.717, 1.165) is 12.8 Å². The smallest absolute Gasteiger partial charge is 0.114 e. The molecule has 154 valence electrons. The normalized spacial score (nSPS) is 26.6. The Labute approximate surface area is 159 Å². The van der Waals surface area contributed by atoms with Crippen LogP contribution in [0.5, 0.6) is 0 Å². The third kappa shape index (κ3) is 10.0. The first-order valence-corrected chi connectivity index (χ1v) is 10.6. The van der Waals surface area contributed by atoms with Crippen LogP contribution in [0.1, 0.15) is 77.6 Å². The zero-order chi connectivity index (χ0) is 19.0. The molecular formula is C21H40O5. The maximum absolute atomic E-state index is 9.97. The van der Waals surface area contributed by atoms with E-state index < -0.39 is 24.4 Å². The van der Waals surface area contributed by atoms with Crippen molar-refractivity contribution in [3.8, 4) is 0 Å². The van der Waals surface area contributed by atoms with Crippen LogP contribution < -0.4 is 0 Å². The van der Waals surface area contributed by atoms with Gasteiger partial charge in [-0.2, -0.15) is 0 Å². The van der Waals surface area contributed by atoms with Gasteiger partial charge < -0.3 is 24.8 Å². The molecule has 0 unspecified atom stereocenters. The number of hydrogen-bond donors (Lipinski definition) is 3. The van der Waals surface area contributed by atoms with Crippen LogP contribution >= 0.6 is 0 Å². The third-order valence-corrected chi connectivity index (χ3v) is 4.97. The molecule has 1 rings (SSSR count). The molecule has 5 heteroatoms. The molecule has 0 saturated carbocycles. The van der Waals surface area contributed by atoms with Gasteiger partial charge in [0.05, 0.1) is 13.2 Å². The summed E-state index contributed by atoms with van der Waals surface area (Å²) in [5.74, 6) is 0. The number of allylic oxidation sites excluding steroid dienone is 2. The molecule has 0 aromatic carbocycles. The van der Waals surface area contributed by atoms with Gasteiger partial charge in [0, 0.05) is 6.61 Å². The van der Waals surface area contributed by atoms with Gasteiger partial charge in [0.1, 0.15) is 24.4 Å². The maximum Gasteiger partial charge on any atom is 0.114 e. The predicted molar refractivity (Wildman–Crippen MR) is 104 cm³/mol. The number of rotatable bonds is 15. The zero-order valence-corrected chi connectivity index (χ0v) is 16.5. The second-order valence-electron chi connectivity index (χ2n) is 7.32. The molecule has 26 heavy (non-hydrogen) atoms. The van der Waals surface area contributed by atoms with Crippen LogP contribution in [0.25, 0.3) is 0 Å². The SMILES string of the molecule is CCCC/C=C/CCCCCCCCCO[C@H]1[C@H](O)[C@@H](O)CO[C@@H]1CO. The number of aliphatic hydroxyl groups is 3. The Balaban J connectivity index is 1.93. The van der Waals surface area contributed by atoms with Crippen molar-refractivity contribution in [2.45, 2.75) is 102 Å². The molecule has 0 amide bonds. The highest BCUT2D eigenvalue weighted by Crippen LogP contribution is 2.19. The van der Waals surface area contributed by atoms with E-state index in [1.54, 1.807) is 0 Å². The van der Waals surface area contributed by atoms with Crippen LogP contribution in [-0.4, -0.2) is 59.6 Å². The highest BCUT2D eigenvalue weighted by molar-refractivity contribution is 4.87. The average molecular weight is 373 g/mol. The van der Waals surface area contributed by atoms with E-state index in [2.05, 4.69) is 19.1 Å². The van der Waals surface area contributed by atoms with Crippen LogP contribution in [0.3, 0.4) is 0 Å². The number of unbranched alkanes of at least 4 members (excludes halogenated alkanes) is 9. The van der Waals surface area contributed by atoms with Crippen LogP contribution in [-0.2, 0) is 9.47 Å². The molecule has 0 aromatic rings. The van der Waals surface area contributed by atoms with Crippen molar-refractivity contribution in [1.82, 2.24) is 0 Å². The Bertz CT molecular complexity index is 345. The quantitative estimate of drug-likeness (QED) is 0.303. The summed E-state index contributed by atoms with van der Waals surface area (Å²) in [6.45, 7) is 2.59. The summed E-state index contributed by atoms with van der Waals surface area (Å²) in [7, 11) is 0. The number of hydrogen-bond acceptors (Lipinski definition) is 5. The van der Waals surface area contributed by atoms with Gasteiger partial charge >= 0.3 is 0 Å². The first-order chi connectivity index (χ1) is 12.7. The molecular weight excluding hydrogens is 332 g/mol. The summed E-state index contributed by atoms with van der Waals surface area (Å²) in [4.78, 5) is 0. The van der Waals surface area contributed by atoms with Gasteiger partial charge in [-0.3, -0.25) is 0 Å². The van der Waals surface area contributed by atoms with Gasteiger partial charge in [-0.1, -0.05) is 64.0 Å². The van der Waals surface area contributed by atoms with Crippen molar-refractivity contribution < 1.29 is 24.8 Å². The lowest BCUT2D eigenvalue weighted by molar-refractivity contribution is -0.211. The molecule has 5 nitrogen and oxygen atoms in total. The Morgan fingerprint density at radius 3 is 2.19 bits per heavy atom. The minimum absolute atomic E-state index is 0.0424. The van der Waals surface area contributed by atoms with E-state index in [9.17, 15) is 15.3 Å². The van der Waals surface area contributed by atoms with Gasteiger partial charge in [-0.05, 0) is 25.7 Å². The van der Waals surface area contributed by atoms with Crippen molar-refractivity contribution in [2.75, 3.05) is 19.8 Å². The van der Waals surface area contributed by atoms with Gasteiger partial charge in [0.25, 0.3) is 0 Å². The van der Waals surface area contributed by atoms with E-state index in [-0.39, 0.29) is 13.2 Å². The largest absolute Gasteiger partial charge is 0.394 e. The molecule has 1 aliphatic heterocycles. The lowest BCUT2D eigenvalue weighted by Gasteiger charge is -2.37. The first kappa shape index (κ1) is 23.6. The zero-order valence-electron chi connectivity index (χ0n) is 16.5. The Kier molecular flexibility index (Phi) is 14.1. The molecule has 0 aliphatic carbocycles. The van der Waals surface area contributed by atoms with Gasteiger partial charge in [-0.15, -0.1) is 0 Å². The van der Waals surface area contributed by atoms with E-state index in [1.165, 1.54) is 57.8 Å². The highest BCUT2D eigenvalue weighted by atomic mass is 16.6. The van der Waals surface area contributed by atoms with Gasteiger partial charge in [0.2, 0.25) is 0 Å². The fourth-order valence-electron chi connectivity index (χ4n) is 3.24. The van der Waals surface area contributed by atoms with E-state index in [1.807, 2.05) is 0 Å². The van der Waals surface area contributed by atoms with Crippen molar-refractivity contribution in [1.29, 1.82) is 0 Å². The fourth-order valence-corrected chi connectivity index (χ4v) is 3.24. The minimum Gasteiger partial charge on any atom is -0.394 e. The summed E-state index contributed by atoms with van der Waals surface area (Å²) >= 11 is 0. The molecule has 3 N–H and O–H groups in total. The number of ether oxygens (including phenoxy) is 2. The maximum atomic E-state index is 9.97. The molecule has 4 atom stereocenters. The second kappa shape index (κ2) is 15.6. The van der Waals surface area contributed by atoms with Crippen LogP contribution in [0.4, 0.5) is 0 Å². The molecule has 0 spiro atoms. The van der Waals surface area contributed by atoms with Gasteiger partial charge in [0.15, 0.2) is 0 Å². The van der Waals surface area contributed by atoms with Crippen LogP contribution in [0.15, 0.2) is 12.2 Å².